The first-order valence-electron chi connectivity index (χ1n) is 3.97. The molecule has 0 radical (unpaired) electrons. The maximum absolute atomic E-state index is 10.1. The van der Waals surface area contributed by atoms with Gasteiger partial charge in [0, 0.05) is 17.8 Å². The molecule has 12 heavy (non-hydrogen) atoms. The Kier molecular flexibility index (Phi) is 2.91. The van der Waals surface area contributed by atoms with Gasteiger partial charge in [0.15, 0.2) is 0 Å². The van der Waals surface area contributed by atoms with Crippen molar-refractivity contribution in [3.63, 3.8) is 0 Å². The Labute approximate surface area is 71.9 Å². The van der Waals surface area contributed by atoms with Gasteiger partial charge in [0.25, 0.3) is 0 Å². The molecular weight excluding hydrogens is 152 g/mol. The van der Waals surface area contributed by atoms with E-state index in [2.05, 4.69) is 9.97 Å². The van der Waals surface area contributed by atoms with E-state index in [4.69, 9.17) is 0 Å². The molecule has 1 aromatic heterocycles. The maximum atomic E-state index is 10.1. The Morgan fingerprint density at radius 3 is 2.75 bits per heavy atom. The fraction of sp³-hybridized carbons (Fsp3) is 0.444. The lowest BCUT2D eigenvalue weighted by Crippen LogP contribution is -1.97. The summed E-state index contributed by atoms with van der Waals surface area (Å²) in [6.45, 7) is 3.79. The van der Waals surface area contributed by atoms with Crippen molar-refractivity contribution in [3.8, 4) is 0 Å². The first kappa shape index (κ1) is 8.84. The van der Waals surface area contributed by atoms with Crippen molar-refractivity contribution in [2.75, 3.05) is 0 Å². The monoisotopic (exact) mass is 164 g/mol. The number of rotatable bonds is 3. The fourth-order valence-electron chi connectivity index (χ4n) is 1.13. The molecule has 0 saturated heterocycles. The summed E-state index contributed by atoms with van der Waals surface area (Å²) in [5.41, 5.74) is 1.91. The summed E-state index contributed by atoms with van der Waals surface area (Å²) in [5.74, 6) is 0.774. The van der Waals surface area contributed by atoms with Crippen LogP contribution in [0.25, 0.3) is 0 Å². The van der Waals surface area contributed by atoms with Gasteiger partial charge < -0.3 is 4.79 Å². The average Bonchev–Trinajstić information content (AvgIpc) is 1.99. The zero-order chi connectivity index (χ0) is 8.97. The molecule has 64 valence electrons. The van der Waals surface area contributed by atoms with E-state index in [1.165, 1.54) is 0 Å². The lowest BCUT2D eigenvalue weighted by atomic mass is 10.2. The predicted molar refractivity (Wildman–Crippen MR) is 45.9 cm³/mol. The molecule has 1 rings (SSSR count). The van der Waals surface area contributed by atoms with Crippen LogP contribution < -0.4 is 0 Å². The minimum Gasteiger partial charge on any atom is -0.303 e. The normalized spacial score (nSPS) is 9.83. The fourth-order valence-corrected chi connectivity index (χ4v) is 1.13. The molecule has 0 fully saturated rings. The van der Waals surface area contributed by atoms with Crippen molar-refractivity contribution in [2.45, 2.75) is 26.7 Å². The van der Waals surface area contributed by atoms with Gasteiger partial charge in [0.2, 0.25) is 0 Å². The maximum Gasteiger partial charge on any atom is 0.125 e. The van der Waals surface area contributed by atoms with Crippen molar-refractivity contribution in [1.82, 2.24) is 9.97 Å². The molecule has 0 aliphatic carbocycles. The summed E-state index contributed by atoms with van der Waals surface area (Å²) in [4.78, 5) is 18.4. The molecule has 1 aromatic rings. The van der Waals surface area contributed by atoms with Gasteiger partial charge in [-0.2, -0.15) is 0 Å². The molecule has 1 heterocycles. The summed E-state index contributed by atoms with van der Waals surface area (Å²) in [6.07, 6.45) is 2.16. The van der Waals surface area contributed by atoms with Crippen LogP contribution in [0.1, 0.15) is 23.6 Å². The highest BCUT2D eigenvalue weighted by molar-refractivity contribution is 5.49. The summed E-state index contributed by atoms with van der Waals surface area (Å²) < 4.78 is 0. The molecule has 3 nitrogen and oxygen atoms in total. The van der Waals surface area contributed by atoms with Crippen LogP contribution >= 0.6 is 0 Å². The van der Waals surface area contributed by atoms with Gasteiger partial charge in [-0.3, -0.25) is 0 Å². The third-order valence-electron chi connectivity index (χ3n) is 1.54. The minimum absolute atomic E-state index is 0.538. The largest absolute Gasteiger partial charge is 0.303 e. The second-order valence-electron chi connectivity index (χ2n) is 2.75. The summed E-state index contributed by atoms with van der Waals surface area (Å²) in [5, 5.41) is 0. The Bertz CT molecular complexity index is 264. The Morgan fingerprint density at radius 1 is 1.42 bits per heavy atom. The summed E-state index contributed by atoms with van der Waals surface area (Å²) >= 11 is 0. The van der Waals surface area contributed by atoms with Crippen LogP contribution in [0.2, 0.25) is 0 Å². The van der Waals surface area contributed by atoms with Gasteiger partial charge in [0.05, 0.1) is 0 Å². The topological polar surface area (TPSA) is 42.9 Å². The first-order valence-corrected chi connectivity index (χ1v) is 3.97. The van der Waals surface area contributed by atoms with E-state index in [-0.39, 0.29) is 0 Å². The van der Waals surface area contributed by atoms with E-state index in [0.29, 0.717) is 12.8 Å². The van der Waals surface area contributed by atoms with Crippen molar-refractivity contribution in [3.05, 3.63) is 23.3 Å². The van der Waals surface area contributed by atoms with Crippen LogP contribution in [0.4, 0.5) is 0 Å². The quantitative estimate of drug-likeness (QED) is 0.631. The number of carbonyl (C=O) groups is 1. The van der Waals surface area contributed by atoms with E-state index in [0.717, 1.165) is 23.5 Å². The van der Waals surface area contributed by atoms with Crippen molar-refractivity contribution in [2.24, 2.45) is 0 Å². The third kappa shape index (κ3) is 2.42. The number of carbonyl (C=O) groups excluding carboxylic acids is 1. The molecule has 0 spiro atoms. The highest BCUT2D eigenvalue weighted by Crippen LogP contribution is 2.01. The highest BCUT2D eigenvalue weighted by Gasteiger charge is 1.97. The number of aryl methyl sites for hydroxylation is 3. The Hall–Kier alpha value is -1.25. The lowest BCUT2D eigenvalue weighted by Gasteiger charge is -2.00. The molecule has 0 atom stereocenters. The van der Waals surface area contributed by atoms with Crippen LogP contribution in [0.5, 0.6) is 0 Å². The van der Waals surface area contributed by atoms with Crippen LogP contribution in [-0.4, -0.2) is 16.3 Å². The zero-order valence-corrected chi connectivity index (χ0v) is 7.37. The van der Waals surface area contributed by atoms with E-state index in [9.17, 15) is 4.79 Å². The first-order chi connectivity index (χ1) is 5.72. The van der Waals surface area contributed by atoms with E-state index >= 15 is 0 Å². The molecule has 0 aliphatic heterocycles. The van der Waals surface area contributed by atoms with E-state index < -0.39 is 0 Å². The second kappa shape index (κ2) is 3.95. The number of nitrogens with zero attached hydrogens (tertiary/aromatic N) is 2. The van der Waals surface area contributed by atoms with Crippen molar-refractivity contribution >= 4 is 6.29 Å². The Morgan fingerprint density at radius 2 is 2.17 bits per heavy atom. The van der Waals surface area contributed by atoms with Crippen LogP contribution in [0.15, 0.2) is 6.07 Å². The molecule has 3 heteroatoms. The standard InChI is InChI=1S/C9H12N2O/c1-7-6-9(4-3-5-12)11-8(2)10-7/h5-6H,3-4H2,1-2H3. The molecule has 0 bridgehead atoms. The van der Waals surface area contributed by atoms with Gasteiger partial charge in [-0.1, -0.05) is 0 Å². The molecule has 0 saturated carbocycles. The second-order valence-corrected chi connectivity index (χ2v) is 2.75. The van der Waals surface area contributed by atoms with Gasteiger partial charge in [-0.25, -0.2) is 9.97 Å². The minimum atomic E-state index is 0.538. The predicted octanol–water partition coefficient (Wildman–Crippen LogP) is 1.22. The van der Waals surface area contributed by atoms with Crippen LogP contribution in [0.3, 0.4) is 0 Å². The Balaban J connectivity index is 2.78. The van der Waals surface area contributed by atoms with Crippen molar-refractivity contribution < 1.29 is 4.79 Å². The van der Waals surface area contributed by atoms with E-state index in [1.54, 1.807) is 0 Å². The molecule has 0 N–H and O–H groups in total. The SMILES string of the molecule is Cc1cc(CCC=O)nc(C)n1. The number of aromatic nitrogens is 2. The van der Waals surface area contributed by atoms with Crippen LogP contribution in [0, 0.1) is 13.8 Å². The van der Waals surface area contributed by atoms with Gasteiger partial charge in [-0.15, -0.1) is 0 Å². The smallest absolute Gasteiger partial charge is 0.125 e. The molecule has 0 aliphatic rings. The molecule has 0 unspecified atom stereocenters. The molecule has 0 amide bonds. The number of aldehydes is 1. The molecular formula is C9H12N2O. The summed E-state index contributed by atoms with van der Waals surface area (Å²) in [6, 6.07) is 1.91. The number of hydrogen-bond donors (Lipinski definition) is 0. The molecule has 0 aromatic carbocycles. The zero-order valence-electron chi connectivity index (χ0n) is 7.37. The van der Waals surface area contributed by atoms with Gasteiger partial charge in [-0.05, 0) is 26.3 Å². The lowest BCUT2D eigenvalue weighted by molar-refractivity contribution is -0.107. The average molecular weight is 164 g/mol. The highest BCUT2D eigenvalue weighted by atomic mass is 16.1. The van der Waals surface area contributed by atoms with Gasteiger partial charge >= 0.3 is 0 Å². The number of hydrogen-bond acceptors (Lipinski definition) is 3. The van der Waals surface area contributed by atoms with E-state index in [1.807, 2.05) is 19.9 Å². The third-order valence-corrected chi connectivity index (χ3v) is 1.54. The van der Waals surface area contributed by atoms with Gasteiger partial charge in [0.1, 0.15) is 12.1 Å². The summed E-state index contributed by atoms with van der Waals surface area (Å²) in [7, 11) is 0. The van der Waals surface area contributed by atoms with Crippen LogP contribution in [-0.2, 0) is 11.2 Å². The van der Waals surface area contributed by atoms with Crippen molar-refractivity contribution in [1.29, 1.82) is 0 Å².